The predicted molar refractivity (Wildman–Crippen MR) is 58.0 cm³/mol. The zero-order valence-electron chi connectivity index (χ0n) is 9.34. The standard InChI is InChI=1S/C11H24N2/c1-12-9-10-6-4-5-7-11(8-10)13(2)3/h10-12H,4-9H2,1-3H3. The molecule has 0 aromatic carbocycles. The monoisotopic (exact) mass is 184 g/mol. The molecule has 0 saturated heterocycles. The average molecular weight is 184 g/mol. The van der Waals surface area contributed by atoms with E-state index in [1.165, 1.54) is 38.6 Å². The van der Waals surface area contributed by atoms with Gasteiger partial charge in [-0.3, -0.25) is 0 Å². The van der Waals surface area contributed by atoms with Crippen LogP contribution in [-0.4, -0.2) is 38.6 Å². The maximum Gasteiger partial charge on any atom is 0.00922 e. The molecule has 0 radical (unpaired) electrons. The molecule has 0 aliphatic heterocycles. The summed E-state index contributed by atoms with van der Waals surface area (Å²) in [5, 5.41) is 3.31. The summed E-state index contributed by atoms with van der Waals surface area (Å²) >= 11 is 0. The second-order valence-electron chi connectivity index (χ2n) is 4.56. The molecule has 2 atom stereocenters. The molecule has 0 spiro atoms. The minimum atomic E-state index is 0.820. The fourth-order valence-corrected chi connectivity index (χ4v) is 2.38. The summed E-state index contributed by atoms with van der Waals surface area (Å²) < 4.78 is 0. The van der Waals surface area contributed by atoms with Gasteiger partial charge < -0.3 is 10.2 Å². The van der Waals surface area contributed by atoms with Crippen LogP contribution in [0.15, 0.2) is 0 Å². The van der Waals surface area contributed by atoms with Crippen molar-refractivity contribution in [1.29, 1.82) is 0 Å². The first-order valence-corrected chi connectivity index (χ1v) is 5.55. The van der Waals surface area contributed by atoms with E-state index < -0.39 is 0 Å². The SMILES string of the molecule is CNCC1CCCCC(N(C)C)C1. The summed E-state index contributed by atoms with van der Waals surface area (Å²) in [7, 11) is 6.49. The van der Waals surface area contributed by atoms with Crippen molar-refractivity contribution in [2.75, 3.05) is 27.7 Å². The van der Waals surface area contributed by atoms with Gasteiger partial charge in [0.05, 0.1) is 0 Å². The summed E-state index contributed by atoms with van der Waals surface area (Å²) in [4.78, 5) is 2.40. The third-order valence-corrected chi connectivity index (χ3v) is 3.23. The first kappa shape index (κ1) is 11.0. The third-order valence-electron chi connectivity index (χ3n) is 3.23. The normalized spacial score (nSPS) is 30.5. The molecule has 0 bridgehead atoms. The van der Waals surface area contributed by atoms with Gasteiger partial charge in [0.1, 0.15) is 0 Å². The highest BCUT2D eigenvalue weighted by Gasteiger charge is 2.20. The molecule has 78 valence electrons. The number of rotatable bonds is 3. The van der Waals surface area contributed by atoms with Crippen LogP contribution in [0.2, 0.25) is 0 Å². The zero-order valence-corrected chi connectivity index (χ0v) is 9.34. The van der Waals surface area contributed by atoms with Crippen LogP contribution in [0.4, 0.5) is 0 Å². The Balaban J connectivity index is 2.39. The molecule has 0 aromatic rings. The molecule has 2 nitrogen and oxygen atoms in total. The van der Waals surface area contributed by atoms with E-state index in [1.807, 2.05) is 0 Å². The molecule has 13 heavy (non-hydrogen) atoms. The van der Waals surface area contributed by atoms with Crippen molar-refractivity contribution in [2.24, 2.45) is 5.92 Å². The second-order valence-corrected chi connectivity index (χ2v) is 4.56. The van der Waals surface area contributed by atoms with Crippen molar-refractivity contribution < 1.29 is 0 Å². The van der Waals surface area contributed by atoms with Crippen molar-refractivity contribution in [3.8, 4) is 0 Å². The largest absolute Gasteiger partial charge is 0.319 e. The van der Waals surface area contributed by atoms with Crippen molar-refractivity contribution in [2.45, 2.75) is 38.1 Å². The Bertz CT molecular complexity index is 134. The van der Waals surface area contributed by atoms with E-state index in [9.17, 15) is 0 Å². The molecular formula is C11H24N2. The Labute approximate surface area is 82.7 Å². The lowest BCUT2D eigenvalue weighted by atomic mass is 9.97. The Hall–Kier alpha value is -0.0800. The predicted octanol–water partition coefficient (Wildman–Crippen LogP) is 1.72. The first-order valence-electron chi connectivity index (χ1n) is 5.55. The fraction of sp³-hybridized carbons (Fsp3) is 1.00. The van der Waals surface area contributed by atoms with Crippen molar-refractivity contribution in [3.63, 3.8) is 0 Å². The summed E-state index contributed by atoms with van der Waals surface area (Å²) in [5.41, 5.74) is 0. The highest BCUT2D eigenvalue weighted by atomic mass is 15.1. The Morgan fingerprint density at radius 2 is 1.92 bits per heavy atom. The van der Waals surface area contributed by atoms with Crippen LogP contribution in [0, 0.1) is 5.92 Å². The summed E-state index contributed by atoms with van der Waals surface area (Å²) in [5.74, 6) is 0.903. The van der Waals surface area contributed by atoms with Crippen molar-refractivity contribution in [1.82, 2.24) is 10.2 Å². The van der Waals surface area contributed by atoms with Gasteiger partial charge >= 0.3 is 0 Å². The molecule has 0 heterocycles. The Morgan fingerprint density at radius 1 is 1.23 bits per heavy atom. The topological polar surface area (TPSA) is 15.3 Å². The number of hydrogen-bond donors (Lipinski definition) is 1. The molecule has 1 aliphatic carbocycles. The van der Waals surface area contributed by atoms with Crippen LogP contribution >= 0.6 is 0 Å². The molecule has 1 aliphatic rings. The Kier molecular flexibility index (Phi) is 4.74. The van der Waals surface area contributed by atoms with E-state index in [0.717, 1.165) is 12.0 Å². The van der Waals surface area contributed by atoms with Gasteiger partial charge in [0, 0.05) is 6.04 Å². The van der Waals surface area contributed by atoms with E-state index in [4.69, 9.17) is 0 Å². The fourth-order valence-electron chi connectivity index (χ4n) is 2.38. The van der Waals surface area contributed by atoms with Crippen LogP contribution in [0.25, 0.3) is 0 Å². The van der Waals surface area contributed by atoms with Crippen molar-refractivity contribution in [3.05, 3.63) is 0 Å². The highest BCUT2D eigenvalue weighted by molar-refractivity contribution is 4.76. The van der Waals surface area contributed by atoms with Gasteiger partial charge in [0.2, 0.25) is 0 Å². The van der Waals surface area contributed by atoms with Gasteiger partial charge in [-0.1, -0.05) is 12.8 Å². The van der Waals surface area contributed by atoms with Crippen LogP contribution in [-0.2, 0) is 0 Å². The van der Waals surface area contributed by atoms with E-state index in [0.29, 0.717) is 0 Å². The number of nitrogens with one attached hydrogen (secondary N) is 1. The van der Waals surface area contributed by atoms with Gasteiger partial charge in [-0.05, 0) is 52.9 Å². The molecule has 1 fully saturated rings. The minimum Gasteiger partial charge on any atom is -0.319 e. The second kappa shape index (κ2) is 5.61. The summed E-state index contributed by atoms with van der Waals surface area (Å²) in [6, 6.07) is 0.820. The van der Waals surface area contributed by atoms with E-state index in [2.05, 4.69) is 31.4 Å². The van der Waals surface area contributed by atoms with Gasteiger partial charge in [0.15, 0.2) is 0 Å². The zero-order chi connectivity index (χ0) is 9.68. The Morgan fingerprint density at radius 3 is 2.54 bits per heavy atom. The molecular weight excluding hydrogens is 160 g/mol. The van der Waals surface area contributed by atoms with Crippen LogP contribution in [0.3, 0.4) is 0 Å². The molecule has 1 rings (SSSR count). The first-order chi connectivity index (χ1) is 6.24. The quantitative estimate of drug-likeness (QED) is 0.672. The smallest absolute Gasteiger partial charge is 0.00922 e. The lowest BCUT2D eigenvalue weighted by Gasteiger charge is -2.25. The van der Waals surface area contributed by atoms with E-state index >= 15 is 0 Å². The maximum absolute atomic E-state index is 3.31. The molecule has 0 aromatic heterocycles. The lowest BCUT2D eigenvalue weighted by molar-refractivity contribution is 0.242. The van der Waals surface area contributed by atoms with Crippen molar-refractivity contribution >= 4 is 0 Å². The molecule has 0 amide bonds. The maximum atomic E-state index is 3.31. The molecule has 2 unspecified atom stereocenters. The van der Waals surface area contributed by atoms with Crippen LogP contribution < -0.4 is 5.32 Å². The number of nitrogens with zero attached hydrogens (tertiary/aromatic N) is 1. The van der Waals surface area contributed by atoms with Gasteiger partial charge in [0.25, 0.3) is 0 Å². The summed E-state index contributed by atoms with van der Waals surface area (Å²) in [6.45, 7) is 1.20. The molecule has 1 N–H and O–H groups in total. The van der Waals surface area contributed by atoms with Gasteiger partial charge in [-0.25, -0.2) is 0 Å². The minimum absolute atomic E-state index is 0.820. The third kappa shape index (κ3) is 3.65. The van der Waals surface area contributed by atoms with E-state index in [1.54, 1.807) is 0 Å². The van der Waals surface area contributed by atoms with Crippen LogP contribution in [0.5, 0.6) is 0 Å². The van der Waals surface area contributed by atoms with Gasteiger partial charge in [-0.15, -0.1) is 0 Å². The number of hydrogen-bond acceptors (Lipinski definition) is 2. The van der Waals surface area contributed by atoms with E-state index in [-0.39, 0.29) is 0 Å². The average Bonchev–Trinajstić information content (AvgIpc) is 2.30. The lowest BCUT2D eigenvalue weighted by Crippen LogP contribution is -2.31. The highest BCUT2D eigenvalue weighted by Crippen LogP contribution is 2.24. The van der Waals surface area contributed by atoms with Crippen LogP contribution in [0.1, 0.15) is 32.1 Å². The van der Waals surface area contributed by atoms with Gasteiger partial charge in [-0.2, -0.15) is 0 Å². The summed E-state index contributed by atoms with van der Waals surface area (Å²) in [6.07, 6.45) is 7.05. The molecule has 2 heteroatoms. The molecule has 1 saturated carbocycles.